The Kier molecular flexibility index (Phi) is 4.83. The highest BCUT2D eigenvalue weighted by molar-refractivity contribution is 7.13. The van der Waals surface area contributed by atoms with Gasteiger partial charge >= 0.3 is 5.56 Å². The van der Waals surface area contributed by atoms with Crippen LogP contribution in [0.1, 0.15) is 46.0 Å². The second-order valence-electron chi connectivity index (χ2n) is 7.23. The van der Waals surface area contributed by atoms with Crippen molar-refractivity contribution < 1.29 is 0 Å². The quantitative estimate of drug-likeness (QED) is 0.604. The minimum Gasteiger partial charge on any atom is -0.361 e. The molecule has 1 N–H and O–H groups in total. The largest absolute Gasteiger partial charge is 0.361 e. The van der Waals surface area contributed by atoms with Gasteiger partial charge in [0.1, 0.15) is 5.66 Å². The van der Waals surface area contributed by atoms with Crippen molar-refractivity contribution in [3.63, 3.8) is 0 Å². The first-order valence-electron chi connectivity index (χ1n) is 9.56. The summed E-state index contributed by atoms with van der Waals surface area (Å²) in [6.45, 7) is 4.37. The van der Waals surface area contributed by atoms with Crippen molar-refractivity contribution >= 4 is 17.0 Å². The number of para-hydroxylation sites is 1. The Morgan fingerprint density at radius 2 is 2.00 bits per heavy atom. The third kappa shape index (κ3) is 3.30. The van der Waals surface area contributed by atoms with E-state index < -0.39 is 5.66 Å². The number of nitrogens with one attached hydrogen (secondary N) is 1. The molecule has 0 radical (unpaired) electrons. The van der Waals surface area contributed by atoms with Crippen molar-refractivity contribution in [3.05, 3.63) is 52.1 Å². The van der Waals surface area contributed by atoms with E-state index in [1.165, 1.54) is 30.6 Å². The lowest BCUT2D eigenvalue weighted by Crippen LogP contribution is -2.45. The van der Waals surface area contributed by atoms with E-state index in [2.05, 4.69) is 24.1 Å². The minimum atomic E-state index is -0.413. The molecule has 1 atom stereocenters. The summed E-state index contributed by atoms with van der Waals surface area (Å²) in [7, 11) is 0. The monoisotopic (exact) mass is 380 g/mol. The van der Waals surface area contributed by atoms with Gasteiger partial charge in [0.05, 0.1) is 4.88 Å². The zero-order valence-electron chi connectivity index (χ0n) is 15.7. The van der Waals surface area contributed by atoms with Gasteiger partial charge in [-0.3, -0.25) is 4.79 Å². The van der Waals surface area contributed by atoms with Crippen LogP contribution in [0.5, 0.6) is 0 Å². The molecule has 3 heterocycles. The summed E-state index contributed by atoms with van der Waals surface area (Å²) in [4.78, 5) is 18.0. The molecule has 0 saturated heterocycles. The van der Waals surface area contributed by atoms with Gasteiger partial charge in [0.25, 0.3) is 0 Å². The zero-order chi connectivity index (χ0) is 18.9. The molecule has 0 amide bonds. The topological polar surface area (TPSA) is 59.8 Å². The first kappa shape index (κ1) is 17.9. The van der Waals surface area contributed by atoms with Crippen molar-refractivity contribution in [1.29, 1.82) is 0 Å². The zero-order valence-corrected chi connectivity index (χ0v) is 16.6. The maximum absolute atomic E-state index is 12.7. The first-order valence-corrected chi connectivity index (χ1v) is 10.4. The summed E-state index contributed by atoms with van der Waals surface area (Å²) < 4.78 is 1.93. The van der Waals surface area contributed by atoms with Gasteiger partial charge in [-0.2, -0.15) is 10.1 Å². The molecule has 1 aliphatic heterocycles. The smallest absolute Gasteiger partial charge is 0.300 e. The average Bonchev–Trinajstić information content (AvgIpc) is 3.19. The molecule has 0 aliphatic carbocycles. The summed E-state index contributed by atoms with van der Waals surface area (Å²) in [5.74, 6) is 0.646. The van der Waals surface area contributed by atoms with Crippen LogP contribution in [0.3, 0.4) is 0 Å². The van der Waals surface area contributed by atoms with Crippen LogP contribution in [0.2, 0.25) is 0 Å². The average molecular weight is 381 g/mol. The number of rotatable bonds is 6. The summed E-state index contributed by atoms with van der Waals surface area (Å²) in [6.07, 6.45) is 5.65. The van der Waals surface area contributed by atoms with Crippen LogP contribution < -0.4 is 10.9 Å². The molecule has 0 bridgehead atoms. The fraction of sp³-hybridized carbons (Fsp3) is 0.381. The van der Waals surface area contributed by atoms with E-state index in [4.69, 9.17) is 5.10 Å². The van der Waals surface area contributed by atoms with Crippen LogP contribution in [0.25, 0.3) is 22.0 Å². The molecule has 1 aromatic carbocycles. The standard InChI is InChI=1S/C21H24N4OS/c1-3-4-5-8-13-21(2)23-16-11-7-6-10-15(16)19-22-20(26)18(24-25(19)21)17-12-9-14-27-17/h6-7,9-12,14,23H,3-5,8,13H2,1-2H3/t21-/m1/s1. The molecule has 3 aromatic rings. The molecule has 4 rings (SSSR count). The Hall–Kier alpha value is -2.47. The molecular weight excluding hydrogens is 356 g/mol. The number of fused-ring (bicyclic) bond motifs is 3. The molecule has 0 unspecified atom stereocenters. The van der Waals surface area contributed by atoms with Gasteiger partial charge in [-0.15, -0.1) is 11.3 Å². The van der Waals surface area contributed by atoms with Crippen molar-refractivity contribution in [2.75, 3.05) is 5.32 Å². The van der Waals surface area contributed by atoms with E-state index in [1.54, 1.807) is 0 Å². The van der Waals surface area contributed by atoms with Crippen molar-refractivity contribution in [2.24, 2.45) is 0 Å². The van der Waals surface area contributed by atoms with E-state index in [0.29, 0.717) is 11.5 Å². The number of anilines is 1. The molecule has 1 aliphatic rings. The van der Waals surface area contributed by atoms with E-state index in [1.807, 2.05) is 46.5 Å². The first-order chi connectivity index (χ1) is 13.1. The lowest BCUT2D eigenvalue weighted by atomic mass is 9.98. The van der Waals surface area contributed by atoms with Crippen molar-refractivity contribution in [3.8, 4) is 22.0 Å². The Balaban J connectivity index is 1.83. The Bertz CT molecular complexity index is 996. The minimum absolute atomic E-state index is 0.270. The summed E-state index contributed by atoms with van der Waals surface area (Å²) >= 11 is 1.51. The maximum Gasteiger partial charge on any atom is 0.300 e. The molecule has 0 saturated carbocycles. The van der Waals surface area contributed by atoms with Crippen LogP contribution in [-0.2, 0) is 5.66 Å². The fourth-order valence-electron chi connectivity index (χ4n) is 3.67. The SMILES string of the molecule is CCCCCC[C@]1(C)Nc2ccccc2-c2nc(=O)c(-c3cccs3)nn21. The second kappa shape index (κ2) is 7.27. The second-order valence-corrected chi connectivity index (χ2v) is 8.18. The molecule has 0 spiro atoms. The van der Waals surface area contributed by atoms with E-state index in [0.717, 1.165) is 29.0 Å². The summed E-state index contributed by atoms with van der Waals surface area (Å²) in [6, 6.07) is 11.9. The third-order valence-electron chi connectivity index (χ3n) is 5.12. The Morgan fingerprint density at radius 3 is 2.78 bits per heavy atom. The normalized spacial score (nSPS) is 17.9. The lowest BCUT2D eigenvalue weighted by molar-refractivity contribution is 0.289. The summed E-state index contributed by atoms with van der Waals surface area (Å²) in [5, 5.41) is 10.4. The van der Waals surface area contributed by atoms with Gasteiger partial charge < -0.3 is 5.32 Å². The highest BCUT2D eigenvalue weighted by atomic mass is 32.1. The van der Waals surface area contributed by atoms with Gasteiger partial charge in [-0.05, 0) is 43.3 Å². The Labute approximate surface area is 163 Å². The van der Waals surface area contributed by atoms with Crippen LogP contribution in [0.4, 0.5) is 5.69 Å². The van der Waals surface area contributed by atoms with E-state index in [-0.39, 0.29) is 5.56 Å². The van der Waals surface area contributed by atoms with E-state index >= 15 is 0 Å². The van der Waals surface area contributed by atoms with Gasteiger partial charge in [-0.1, -0.05) is 44.4 Å². The number of nitrogens with zero attached hydrogens (tertiary/aromatic N) is 3. The highest BCUT2D eigenvalue weighted by Crippen LogP contribution is 2.39. The highest BCUT2D eigenvalue weighted by Gasteiger charge is 2.35. The maximum atomic E-state index is 12.7. The number of aromatic nitrogens is 3. The van der Waals surface area contributed by atoms with Crippen LogP contribution in [-0.4, -0.2) is 14.8 Å². The molecule has 6 heteroatoms. The van der Waals surface area contributed by atoms with E-state index in [9.17, 15) is 4.79 Å². The van der Waals surface area contributed by atoms with Gasteiger partial charge in [0.2, 0.25) is 0 Å². The molecular formula is C21H24N4OS. The van der Waals surface area contributed by atoms with Crippen LogP contribution >= 0.6 is 11.3 Å². The van der Waals surface area contributed by atoms with Gasteiger partial charge in [-0.25, -0.2) is 4.68 Å². The van der Waals surface area contributed by atoms with Gasteiger partial charge in [0.15, 0.2) is 11.5 Å². The molecule has 2 aromatic heterocycles. The number of unbranched alkanes of at least 4 members (excludes halogenated alkanes) is 3. The molecule has 27 heavy (non-hydrogen) atoms. The number of thiophene rings is 1. The Morgan fingerprint density at radius 1 is 1.15 bits per heavy atom. The fourth-order valence-corrected chi connectivity index (χ4v) is 4.37. The predicted molar refractivity (Wildman–Crippen MR) is 111 cm³/mol. The lowest BCUT2D eigenvalue weighted by Gasteiger charge is -2.39. The predicted octanol–water partition coefficient (Wildman–Crippen LogP) is 5.10. The van der Waals surface area contributed by atoms with Crippen LogP contribution in [0.15, 0.2) is 46.6 Å². The molecule has 0 fully saturated rings. The number of hydrogen-bond donors (Lipinski definition) is 1. The molecule has 5 nitrogen and oxygen atoms in total. The number of benzene rings is 1. The third-order valence-corrected chi connectivity index (χ3v) is 6.00. The van der Waals surface area contributed by atoms with Crippen molar-refractivity contribution in [2.45, 2.75) is 51.6 Å². The van der Waals surface area contributed by atoms with Crippen LogP contribution in [0, 0.1) is 0 Å². The van der Waals surface area contributed by atoms with Crippen molar-refractivity contribution in [1.82, 2.24) is 14.8 Å². The number of hydrogen-bond acceptors (Lipinski definition) is 5. The molecule has 140 valence electrons. The van der Waals surface area contributed by atoms with Gasteiger partial charge in [0, 0.05) is 11.3 Å². The summed E-state index contributed by atoms with van der Waals surface area (Å²) in [5.41, 5.74) is 1.67.